The fourth-order valence-corrected chi connectivity index (χ4v) is 14.6. The number of para-hydroxylation sites is 2. The van der Waals surface area contributed by atoms with Crippen molar-refractivity contribution in [2.75, 3.05) is 0 Å². The smallest absolute Gasteiger partial charge is 0.137 e. The Morgan fingerprint density at radius 3 is 1.58 bits per heavy atom. The topological polar surface area (TPSA) is 23.0 Å². The summed E-state index contributed by atoms with van der Waals surface area (Å²) in [5.74, 6) is 0. The molecule has 66 heavy (non-hydrogen) atoms. The van der Waals surface area contributed by atoms with Gasteiger partial charge < -0.3 is 13.6 Å². The Labute approximate surface area is 387 Å². The maximum Gasteiger partial charge on any atom is 0.137 e. The van der Waals surface area contributed by atoms with Crippen LogP contribution in [0.2, 0.25) is 0 Å². The van der Waals surface area contributed by atoms with Gasteiger partial charge in [0.25, 0.3) is 0 Å². The van der Waals surface area contributed by atoms with Crippen LogP contribution >= 0.6 is 34.0 Å². The van der Waals surface area contributed by atoms with E-state index in [4.69, 9.17) is 4.42 Å². The molecule has 6 aromatic heterocycles. The SMILES string of the molecule is c1ccc2c(c1)oc1cccc(-n3c4ccc(-c5ccc6sc7c(-n8c9ccccc9c9cc%10sc%11ccccc%11c%10cc98)cccc7c6c5)cc4c4cc5sc6ccccc6c5cc43)c12. The number of fused-ring (bicyclic) bond motifs is 18. The van der Waals surface area contributed by atoms with Crippen molar-refractivity contribution in [3.8, 4) is 22.5 Å². The molecule has 0 amide bonds. The van der Waals surface area contributed by atoms with Gasteiger partial charge >= 0.3 is 0 Å². The standard InChI is InChI=1S/C60H32N2OS3/c1-5-16-46-35(11-1)41-31-57-44(36-12-3-7-21-54(36)64-57)29-50(41)62(46)49-18-9-15-38-43-28-34(24-26-56(43)66-60(38)49)33-23-25-47-40(27-33)42-32-58-45(37-13-4-8-22-55(37)65-58)30-51(42)61(47)48-17-10-20-53-59(48)39-14-2-6-19-52(39)63-53/h1-32H. The van der Waals surface area contributed by atoms with Crippen molar-refractivity contribution in [2.24, 2.45) is 0 Å². The third-order valence-electron chi connectivity index (χ3n) is 14.1. The van der Waals surface area contributed by atoms with Crippen molar-refractivity contribution in [3.63, 3.8) is 0 Å². The number of benzene rings is 10. The van der Waals surface area contributed by atoms with Gasteiger partial charge in [-0.3, -0.25) is 0 Å². The number of hydrogen-bond acceptors (Lipinski definition) is 4. The zero-order valence-electron chi connectivity index (χ0n) is 35.0. The molecule has 16 rings (SSSR count). The highest BCUT2D eigenvalue weighted by Crippen LogP contribution is 2.47. The molecule has 306 valence electrons. The second-order valence-corrected chi connectivity index (χ2v) is 20.8. The minimum Gasteiger partial charge on any atom is -0.456 e. The number of furan rings is 1. The minimum atomic E-state index is 0.897. The van der Waals surface area contributed by atoms with Gasteiger partial charge in [0.15, 0.2) is 0 Å². The van der Waals surface area contributed by atoms with E-state index in [9.17, 15) is 0 Å². The molecule has 10 aromatic carbocycles. The molecule has 0 saturated heterocycles. The average Bonchev–Trinajstić information content (AvgIpc) is 4.21. The summed E-state index contributed by atoms with van der Waals surface area (Å²) in [5.41, 5.74) is 11.4. The lowest BCUT2D eigenvalue weighted by atomic mass is 10.0. The van der Waals surface area contributed by atoms with E-state index < -0.39 is 0 Å². The van der Waals surface area contributed by atoms with Gasteiger partial charge in [-0.2, -0.15) is 0 Å². The monoisotopic (exact) mass is 892 g/mol. The predicted molar refractivity (Wildman–Crippen MR) is 287 cm³/mol. The summed E-state index contributed by atoms with van der Waals surface area (Å²) in [6.45, 7) is 0. The number of thiophene rings is 3. The molecule has 0 radical (unpaired) electrons. The Balaban J connectivity index is 0.913. The van der Waals surface area contributed by atoms with E-state index in [1.807, 2.05) is 34.0 Å². The summed E-state index contributed by atoms with van der Waals surface area (Å²) >= 11 is 5.66. The fraction of sp³-hybridized carbons (Fsp3) is 0. The average molecular weight is 893 g/mol. The summed E-state index contributed by atoms with van der Waals surface area (Å²) in [5, 5.41) is 15.1. The summed E-state index contributed by atoms with van der Waals surface area (Å²) in [6, 6.07) is 72.1. The maximum atomic E-state index is 6.45. The minimum absolute atomic E-state index is 0.897. The van der Waals surface area contributed by atoms with Gasteiger partial charge in [-0.25, -0.2) is 0 Å². The molecule has 0 spiro atoms. The number of nitrogens with zero attached hydrogens (tertiary/aromatic N) is 2. The number of hydrogen-bond donors (Lipinski definition) is 0. The summed E-state index contributed by atoms with van der Waals surface area (Å²) in [7, 11) is 0. The number of aromatic nitrogens is 2. The molecule has 0 aliphatic heterocycles. The van der Waals surface area contributed by atoms with Crippen molar-refractivity contribution in [3.05, 3.63) is 194 Å². The molecule has 3 nitrogen and oxygen atoms in total. The van der Waals surface area contributed by atoms with E-state index in [2.05, 4.69) is 203 Å². The molecule has 0 atom stereocenters. The van der Waals surface area contributed by atoms with Gasteiger partial charge in [-0.15, -0.1) is 34.0 Å². The number of rotatable bonds is 3. The Hall–Kier alpha value is -7.74. The Kier molecular flexibility index (Phi) is 6.99. The highest BCUT2D eigenvalue weighted by molar-refractivity contribution is 7.27. The van der Waals surface area contributed by atoms with Crippen LogP contribution in [0.1, 0.15) is 0 Å². The molecule has 0 unspecified atom stereocenters. The van der Waals surface area contributed by atoms with Crippen LogP contribution in [0.3, 0.4) is 0 Å². The van der Waals surface area contributed by atoms with Gasteiger partial charge in [0.1, 0.15) is 11.2 Å². The molecule has 0 fully saturated rings. The Morgan fingerprint density at radius 2 is 0.803 bits per heavy atom. The quantitative estimate of drug-likeness (QED) is 0.173. The molecule has 0 aliphatic carbocycles. The first kappa shape index (κ1) is 35.6. The van der Waals surface area contributed by atoms with Crippen molar-refractivity contribution in [1.82, 2.24) is 9.13 Å². The first-order chi connectivity index (χ1) is 32.7. The molecule has 6 heterocycles. The molecule has 0 bridgehead atoms. The van der Waals surface area contributed by atoms with Crippen molar-refractivity contribution in [1.29, 1.82) is 0 Å². The van der Waals surface area contributed by atoms with E-state index in [-0.39, 0.29) is 0 Å². The van der Waals surface area contributed by atoms with Gasteiger partial charge in [0, 0.05) is 82.7 Å². The van der Waals surface area contributed by atoms with Crippen LogP contribution in [-0.4, -0.2) is 9.13 Å². The molecule has 6 heteroatoms. The molecule has 0 aliphatic rings. The Bertz CT molecular complexity index is 4780. The summed E-state index contributed by atoms with van der Waals surface area (Å²) < 4.78 is 19.3. The first-order valence-corrected chi connectivity index (χ1v) is 24.8. The predicted octanol–water partition coefficient (Wildman–Crippen LogP) is 18.6. The van der Waals surface area contributed by atoms with Crippen LogP contribution in [0.15, 0.2) is 199 Å². The van der Waals surface area contributed by atoms with E-state index in [1.165, 1.54) is 121 Å². The van der Waals surface area contributed by atoms with E-state index >= 15 is 0 Å². The molecular weight excluding hydrogens is 861 g/mol. The highest BCUT2D eigenvalue weighted by Gasteiger charge is 2.22. The first-order valence-electron chi connectivity index (χ1n) is 22.3. The molecule has 0 N–H and O–H groups in total. The maximum absolute atomic E-state index is 6.45. The van der Waals surface area contributed by atoms with E-state index in [0.29, 0.717) is 0 Å². The second kappa shape index (κ2) is 13.0. The highest BCUT2D eigenvalue weighted by atomic mass is 32.1. The van der Waals surface area contributed by atoms with E-state index in [1.54, 1.807) is 0 Å². The van der Waals surface area contributed by atoms with Crippen LogP contribution in [0.4, 0.5) is 0 Å². The van der Waals surface area contributed by atoms with Gasteiger partial charge in [0.2, 0.25) is 0 Å². The van der Waals surface area contributed by atoms with Crippen LogP contribution in [0.5, 0.6) is 0 Å². The van der Waals surface area contributed by atoms with Crippen LogP contribution in [0, 0.1) is 0 Å². The van der Waals surface area contributed by atoms with Crippen molar-refractivity contribution < 1.29 is 4.42 Å². The lowest BCUT2D eigenvalue weighted by molar-refractivity contribution is 0.669. The second-order valence-electron chi connectivity index (χ2n) is 17.6. The molecular formula is C60H32N2OS3. The van der Waals surface area contributed by atoms with Crippen LogP contribution in [0.25, 0.3) is 149 Å². The van der Waals surface area contributed by atoms with Gasteiger partial charge in [0.05, 0.1) is 43.5 Å². The zero-order chi connectivity index (χ0) is 42.8. The summed E-state index contributed by atoms with van der Waals surface area (Å²) in [4.78, 5) is 0. The van der Waals surface area contributed by atoms with Crippen LogP contribution < -0.4 is 0 Å². The normalized spacial score (nSPS) is 12.5. The van der Waals surface area contributed by atoms with Crippen LogP contribution in [-0.2, 0) is 0 Å². The third kappa shape index (κ3) is 4.75. The van der Waals surface area contributed by atoms with Crippen molar-refractivity contribution in [2.45, 2.75) is 0 Å². The lowest BCUT2D eigenvalue weighted by Crippen LogP contribution is -1.94. The van der Waals surface area contributed by atoms with E-state index in [0.717, 1.165) is 27.6 Å². The lowest BCUT2D eigenvalue weighted by Gasteiger charge is -2.10. The summed E-state index contributed by atoms with van der Waals surface area (Å²) in [6.07, 6.45) is 0. The van der Waals surface area contributed by atoms with Gasteiger partial charge in [-0.05, 0) is 102 Å². The Morgan fingerprint density at radius 1 is 0.288 bits per heavy atom. The van der Waals surface area contributed by atoms with Crippen molar-refractivity contribution >= 4 is 160 Å². The van der Waals surface area contributed by atoms with Gasteiger partial charge in [-0.1, -0.05) is 103 Å². The molecule has 16 aromatic rings. The largest absolute Gasteiger partial charge is 0.456 e. The fourth-order valence-electron chi connectivity index (χ4n) is 11.2. The zero-order valence-corrected chi connectivity index (χ0v) is 37.5. The molecule has 0 saturated carbocycles. The third-order valence-corrected chi connectivity index (χ3v) is 17.6.